The molecule has 0 fully saturated rings. The number of halogens is 2. The van der Waals surface area contributed by atoms with Crippen molar-refractivity contribution in [3.05, 3.63) is 112 Å². The summed E-state index contributed by atoms with van der Waals surface area (Å²) in [5.41, 5.74) is 2.77. The highest BCUT2D eigenvalue weighted by Gasteiger charge is 2.32. The van der Waals surface area contributed by atoms with Gasteiger partial charge < -0.3 is 5.32 Å². The second-order valence-corrected chi connectivity index (χ2v) is 8.37. The minimum absolute atomic E-state index is 0.00102. The predicted octanol–water partition coefficient (Wildman–Crippen LogP) is 5.87. The Bertz CT molecular complexity index is 1340. The molecule has 5 rings (SSSR count). The van der Waals surface area contributed by atoms with Crippen molar-refractivity contribution in [1.82, 2.24) is 14.8 Å². The molecule has 0 bridgehead atoms. The Hall–Kier alpha value is -3.97. The highest BCUT2D eigenvalue weighted by molar-refractivity contribution is 6.31. The Morgan fingerprint density at radius 3 is 2.56 bits per heavy atom. The van der Waals surface area contributed by atoms with E-state index >= 15 is 0 Å². The lowest BCUT2D eigenvalue weighted by Crippen LogP contribution is -2.28. The summed E-state index contributed by atoms with van der Waals surface area (Å²) in [6.07, 6.45) is 3.67. The number of hydrogen-bond acceptors (Lipinski definition) is 4. The molecule has 0 saturated carbocycles. The van der Waals surface area contributed by atoms with Crippen molar-refractivity contribution < 1.29 is 9.18 Å². The molecular weight excluding hydrogens is 453 g/mol. The maximum atomic E-state index is 13.1. The van der Waals surface area contributed by atoms with Gasteiger partial charge in [0.05, 0.1) is 12.1 Å². The molecule has 0 radical (unpaired) electrons. The Morgan fingerprint density at radius 2 is 1.79 bits per heavy atom. The van der Waals surface area contributed by atoms with Gasteiger partial charge in [-0.3, -0.25) is 10.1 Å². The molecule has 6 nitrogen and oxygen atoms in total. The Morgan fingerprint density at radius 1 is 1.06 bits per heavy atom. The molecule has 8 heteroatoms. The van der Waals surface area contributed by atoms with Crippen LogP contribution in [0.4, 0.5) is 16.3 Å². The summed E-state index contributed by atoms with van der Waals surface area (Å²) in [6, 6.07) is 23.5. The lowest BCUT2D eigenvalue weighted by atomic mass is 9.93. The predicted molar refractivity (Wildman–Crippen MR) is 131 cm³/mol. The molecular formula is C26H21ClFN5O. The number of carbonyl (C=O) groups is 1. The molecule has 1 amide bonds. The summed E-state index contributed by atoms with van der Waals surface area (Å²) in [6.45, 7) is 0. The molecule has 0 saturated heterocycles. The van der Waals surface area contributed by atoms with Crippen LogP contribution >= 0.6 is 11.6 Å². The molecule has 1 aromatic heterocycles. The third kappa shape index (κ3) is 4.70. The molecule has 2 heterocycles. The van der Waals surface area contributed by atoms with E-state index < -0.39 is 0 Å². The number of benzene rings is 3. The summed E-state index contributed by atoms with van der Waals surface area (Å²) in [5, 5.41) is 11.3. The van der Waals surface area contributed by atoms with Crippen LogP contribution in [0.15, 0.2) is 84.9 Å². The van der Waals surface area contributed by atoms with Crippen LogP contribution in [0.1, 0.15) is 35.2 Å². The van der Waals surface area contributed by atoms with Gasteiger partial charge in [0.15, 0.2) is 0 Å². The van der Waals surface area contributed by atoms with Crippen LogP contribution in [0.5, 0.6) is 0 Å². The van der Waals surface area contributed by atoms with Gasteiger partial charge in [0, 0.05) is 11.1 Å². The lowest BCUT2D eigenvalue weighted by molar-refractivity contribution is -0.111. The molecule has 0 unspecified atom stereocenters. The van der Waals surface area contributed by atoms with E-state index in [9.17, 15) is 9.18 Å². The number of amides is 1. The van der Waals surface area contributed by atoms with Crippen LogP contribution in [-0.4, -0.2) is 20.7 Å². The second-order valence-electron chi connectivity index (χ2n) is 7.96. The fourth-order valence-corrected chi connectivity index (χ4v) is 4.30. The topological polar surface area (TPSA) is 71.8 Å². The van der Waals surface area contributed by atoms with E-state index in [0.717, 1.165) is 11.1 Å². The average molecular weight is 474 g/mol. The zero-order valence-corrected chi connectivity index (χ0v) is 18.8. The standard InChI is InChI=1S/C26H21ClFN5O/c27-21-9-5-4-8-20(21)23-16-22(18-6-2-1-3-7-18)29-26-31-25(32-33(23)26)30-24(34)15-12-17-10-13-19(28)14-11-17/h1-15,22-23H,16H2,(H2,29,30,31,32,34)/b15-12+/t22-,23-/m1/s1. The number of nitrogens with zero attached hydrogens (tertiary/aromatic N) is 3. The average Bonchev–Trinajstić information content (AvgIpc) is 3.26. The van der Waals surface area contributed by atoms with Crippen LogP contribution < -0.4 is 10.6 Å². The Balaban J connectivity index is 1.42. The third-order valence-corrected chi connectivity index (χ3v) is 6.03. The van der Waals surface area contributed by atoms with Gasteiger partial charge in [-0.05, 0) is 47.4 Å². The Labute approximate surface area is 201 Å². The first-order valence-electron chi connectivity index (χ1n) is 10.8. The molecule has 170 valence electrons. The Kier molecular flexibility index (Phi) is 6.10. The number of aromatic nitrogens is 3. The maximum Gasteiger partial charge on any atom is 0.250 e. The molecule has 34 heavy (non-hydrogen) atoms. The molecule has 0 spiro atoms. The number of hydrogen-bond donors (Lipinski definition) is 2. The summed E-state index contributed by atoms with van der Waals surface area (Å²) < 4.78 is 14.8. The fraction of sp³-hybridized carbons (Fsp3) is 0.115. The van der Waals surface area contributed by atoms with Crippen molar-refractivity contribution in [1.29, 1.82) is 0 Å². The first-order valence-corrected chi connectivity index (χ1v) is 11.2. The van der Waals surface area contributed by atoms with Crippen molar-refractivity contribution >= 4 is 35.5 Å². The first kappa shape index (κ1) is 21.9. The fourth-order valence-electron chi connectivity index (χ4n) is 4.04. The zero-order chi connectivity index (χ0) is 23.5. The van der Waals surface area contributed by atoms with Gasteiger partial charge in [-0.1, -0.05) is 72.3 Å². The molecule has 1 aliphatic heterocycles. The summed E-state index contributed by atoms with van der Waals surface area (Å²) in [4.78, 5) is 17.0. The van der Waals surface area contributed by atoms with Gasteiger partial charge >= 0.3 is 0 Å². The number of carbonyl (C=O) groups excluding carboxylic acids is 1. The number of rotatable bonds is 5. The van der Waals surface area contributed by atoms with Crippen LogP contribution in [0.2, 0.25) is 5.02 Å². The molecule has 2 N–H and O–H groups in total. The van der Waals surface area contributed by atoms with Crippen LogP contribution in [0, 0.1) is 5.82 Å². The van der Waals surface area contributed by atoms with Crippen molar-refractivity contribution in [3.8, 4) is 0 Å². The monoisotopic (exact) mass is 473 g/mol. The molecule has 3 aromatic carbocycles. The van der Waals surface area contributed by atoms with E-state index in [2.05, 4.69) is 32.8 Å². The number of nitrogens with one attached hydrogen (secondary N) is 2. The smallest absolute Gasteiger partial charge is 0.250 e. The highest BCUT2D eigenvalue weighted by Crippen LogP contribution is 2.40. The van der Waals surface area contributed by atoms with Gasteiger partial charge in [0.25, 0.3) is 11.9 Å². The SMILES string of the molecule is O=C(/C=C/c1ccc(F)cc1)Nc1nc2n(n1)[C@@H](c1ccccc1Cl)C[C@H](c1ccccc1)N2. The number of anilines is 2. The number of fused-ring (bicyclic) bond motifs is 1. The van der Waals surface area contributed by atoms with Gasteiger partial charge in [-0.15, -0.1) is 5.10 Å². The summed E-state index contributed by atoms with van der Waals surface area (Å²) in [5.74, 6) is 0.00908. The molecule has 4 aromatic rings. The normalized spacial score (nSPS) is 17.2. The van der Waals surface area contributed by atoms with E-state index in [0.29, 0.717) is 23.0 Å². The zero-order valence-electron chi connectivity index (χ0n) is 18.0. The van der Waals surface area contributed by atoms with Gasteiger partial charge in [-0.25, -0.2) is 9.07 Å². The van der Waals surface area contributed by atoms with Gasteiger partial charge in [0.1, 0.15) is 5.82 Å². The van der Waals surface area contributed by atoms with Gasteiger partial charge in [-0.2, -0.15) is 4.98 Å². The lowest BCUT2D eigenvalue weighted by Gasteiger charge is -2.32. The van der Waals surface area contributed by atoms with E-state index in [-0.39, 0.29) is 29.8 Å². The van der Waals surface area contributed by atoms with E-state index in [4.69, 9.17) is 11.6 Å². The van der Waals surface area contributed by atoms with Crippen LogP contribution in [0.25, 0.3) is 6.08 Å². The molecule has 0 aliphatic carbocycles. The second kappa shape index (κ2) is 9.49. The van der Waals surface area contributed by atoms with Crippen LogP contribution in [-0.2, 0) is 4.79 Å². The van der Waals surface area contributed by atoms with Crippen molar-refractivity contribution in [3.63, 3.8) is 0 Å². The minimum atomic E-state index is -0.388. The first-order chi connectivity index (χ1) is 16.6. The van der Waals surface area contributed by atoms with E-state index in [1.165, 1.54) is 18.2 Å². The third-order valence-electron chi connectivity index (χ3n) is 5.69. The van der Waals surface area contributed by atoms with Crippen molar-refractivity contribution in [2.75, 3.05) is 10.6 Å². The largest absolute Gasteiger partial charge is 0.347 e. The quantitative estimate of drug-likeness (QED) is 0.356. The summed E-state index contributed by atoms with van der Waals surface area (Å²) in [7, 11) is 0. The minimum Gasteiger partial charge on any atom is -0.347 e. The maximum absolute atomic E-state index is 13.1. The van der Waals surface area contributed by atoms with Crippen molar-refractivity contribution in [2.45, 2.75) is 18.5 Å². The van der Waals surface area contributed by atoms with E-state index in [1.807, 2.05) is 42.5 Å². The molecule has 1 aliphatic rings. The summed E-state index contributed by atoms with van der Waals surface area (Å²) >= 11 is 6.53. The van der Waals surface area contributed by atoms with Gasteiger partial charge in [0.2, 0.25) is 5.95 Å². The van der Waals surface area contributed by atoms with Crippen LogP contribution in [0.3, 0.4) is 0 Å². The molecule has 2 atom stereocenters. The highest BCUT2D eigenvalue weighted by atomic mass is 35.5. The van der Waals surface area contributed by atoms with E-state index in [1.54, 1.807) is 22.9 Å². The van der Waals surface area contributed by atoms with Crippen molar-refractivity contribution in [2.24, 2.45) is 0 Å².